The number of amides is 2. The van der Waals surface area contributed by atoms with E-state index in [2.05, 4.69) is 15.6 Å². The number of methoxy groups -OCH3 is 1. The van der Waals surface area contributed by atoms with Crippen molar-refractivity contribution in [3.05, 3.63) is 48.0 Å². The Kier molecular flexibility index (Phi) is 6.03. The summed E-state index contributed by atoms with van der Waals surface area (Å²) in [6.45, 7) is 1.80. The molecule has 2 N–H and O–H groups in total. The van der Waals surface area contributed by atoms with Crippen molar-refractivity contribution in [2.75, 3.05) is 17.7 Å². The fourth-order valence-electron chi connectivity index (χ4n) is 2.57. The fraction of sp³-hybridized carbons (Fsp3) is 0.250. The minimum atomic E-state index is -0.0523. The van der Waals surface area contributed by atoms with Crippen molar-refractivity contribution >= 4 is 44.2 Å². The molecule has 0 fully saturated rings. The molecule has 0 radical (unpaired) electrons. The van der Waals surface area contributed by atoms with Crippen molar-refractivity contribution in [1.82, 2.24) is 4.98 Å². The Morgan fingerprint density at radius 2 is 1.96 bits per heavy atom. The molecule has 0 saturated carbocycles. The maximum absolute atomic E-state index is 12.2. The summed E-state index contributed by atoms with van der Waals surface area (Å²) in [7, 11) is 1.59. The molecule has 6 nitrogen and oxygen atoms in total. The molecule has 2 aromatic carbocycles. The van der Waals surface area contributed by atoms with Crippen LogP contribution < -0.4 is 15.4 Å². The number of hydrogen-bond acceptors (Lipinski definition) is 5. The minimum absolute atomic E-state index is 0.0523. The van der Waals surface area contributed by atoms with Crippen LogP contribution in [0.2, 0.25) is 0 Å². The molecule has 0 unspecified atom stereocenters. The first-order valence-electron chi connectivity index (χ1n) is 8.70. The van der Waals surface area contributed by atoms with Gasteiger partial charge in [0.05, 0.1) is 17.3 Å². The summed E-state index contributed by atoms with van der Waals surface area (Å²) in [5.41, 5.74) is 2.62. The van der Waals surface area contributed by atoms with Crippen LogP contribution in [0.15, 0.2) is 42.5 Å². The van der Waals surface area contributed by atoms with Crippen LogP contribution in [0.5, 0.6) is 5.75 Å². The number of rotatable bonds is 7. The molecule has 1 aromatic heterocycles. The van der Waals surface area contributed by atoms with Crippen LogP contribution in [-0.2, 0) is 16.0 Å². The van der Waals surface area contributed by atoms with Gasteiger partial charge in [-0.15, -0.1) is 0 Å². The number of carbonyl (C=O) groups is 2. The maximum Gasteiger partial charge on any atom is 0.225 e. The lowest BCUT2D eigenvalue weighted by atomic mass is 10.1. The van der Waals surface area contributed by atoms with Crippen molar-refractivity contribution in [3.8, 4) is 5.75 Å². The number of anilines is 2. The second kappa shape index (κ2) is 8.64. The van der Waals surface area contributed by atoms with Gasteiger partial charge in [-0.3, -0.25) is 9.59 Å². The van der Waals surface area contributed by atoms with Crippen LogP contribution in [0.3, 0.4) is 0 Å². The van der Waals surface area contributed by atoms with Crippen molar-refractivity contribution < 1.29 is 14.3 Å². The highest BCUT2D eigenvalue weighted by Gasteiger charge is 2.09. The molecule has 3 rings (SSSR count). The van der Waals surface area contributed by atoms with Gasteiger partial charge < -0.3 is 15.4 Å². The highest BCUT2D eigenvalue weighted by Crippen LogP contribution is 2.27. The van der Waals surface area contributed by atoms with Crippen LogP contribution in [0.25, 0.3) is 10.2 Å². The molecule has 0 aliphatic carbocycles. The highest BCUT2D eigenvalue weighted by atomic mass is 32.1. The largest absolute Gasteiger partial charge is 0.497 e. The zero-order chi connectivity index (χ0) is 19.2. The molecule has 0 spiro atoms. The Morgan fingerprint density at radius 3 is 2.74 bits per heavy atom. The molecule has 140 valence electrons. The van der Waals surface area contributed by atoms with Gasteiger partial charge in [0.25, 0.3) is 0 Å². The van der Waals surface area contributed by atoms with E-state index in [0.29, 0.717) is 35.8 Å². The van der Waals surface area contributed by atoms with E-state index in [4.69, 9.17) is 4.74 Å². The number of hydrogen-bond donors (Lipinski definition) is 2. The smallest absolute Gasteiger partial charge is 0.225 e. The van der Waals surface area contributed by atoms with Gasteiger partial charge in [0.15, 0.2) is 5.13 Å². The molecule has 27 heavy (non-hydrogen) atoms. The van der Waals surface area contributed by atoms with Gasteiger partial charge >= 0.3 is 0 Å². The Hall–Kier alpha value is -2.93. The summed E-state index contributed by atoms with van der Waals surface area (Å²) in [5.74, 6) is 0.599. The molecular formula is C20H21N3O3S. The van der Waals surface area contributed by atoms with Crippen LogP contribution >= 0.6 is 11.3 Å². The Labute approximate surface area is 161 Å². The lowest BCUT2D eigenvalue weighted by Crippen LogP contribution is -2.12. The van der Waals surface area contributed by atoms with E-state index in [-0.39, 0.29) is 11.8 Å². The summed E-state index contributed by atoms with van der Waals surface area (Å²) in [5, 5.41) is 6.26. The van der Waals surface area contributed by atoms with Gasteiger partial charge in [0, 0.05) is 24.6 Å². The van der Waals surface area contributed by atoms with E-state index in [1.807, 2.05) is 36.4 Å². The average molecular weight is 383 g/mol. The van der Waals surface area contributed by atoms with Gasteiger partial charge in [0.2, 0.25) is 11.8 Å². The summed E-state index contributed by atoms with van der Waals surface area (Å²) in [6, 6.07) is 13.2. The van der Waals surface area contributed by atoms with Crippen LogP contribution in [0.4, 0.5) is 10.8 Å². The molecule has 1 heterocycles. The third-order valence-electron chi connectivity index (χ3n) is 4.01. The number of fused-ring (bicyclic) bond motifs is 1. The van der Waals surface area contributed by atoms with Crippen LogP contribution in [-0.4, -0.2) is 23.9 Å². The number of aromatic nitrogens is 1. The third kappa shape index (κ3) is 5.04. The van der Waals surface area contributed by atoms with E-state index in [0.717, 1.165) is 15.8 Å². The molecule has 0 saturated heterocycles. The lowest BCUT2D eigenvalue weighted by molar-refractivity contribution is -0.116. The predicted octanol–water partition coefficient (Wildman–Crippen LogP) is 4.22. The fourth-order valence-corrected chi connectivity index (χ4v) is 3.51. The van der Waals surface area contributed by atoms with Crippen molar-refractivity contribution in [1.29, 1.82) is 0 Å². The Morgan fingerprint density at radius 1 is 1.11 bits per heavy atom. The maximum atomic E-state index is 12.2. The monoisotopic (exact) mass is 383 g/mol. The van der Waals surface area contributed by atoms with E-state index >= 15 is 0 Å². The second-order valence-corrected chi connectivity index (χ2v) is 7.03. The summed E-state index contributed by atoms with van der Waals surface area (Å²) < 4.78 is 6.15. The third-order valence-corrected chi connectivity index (χ3v) is 4.95. The number of benzene rings is 2. The zero-order valence-corrected chi connectivity index (χ0v) is 16.1. The zero-order valence-electron chi connectivity index (χ0n) is 15.2. The van der Waals surface area contributed by atoms with Gasteiger partial charge in [-0.05, 0) is 36.2 Å². The van der Waals surface area contributed by atoms with E-state index in [1.165, 1.54) is 11.3 Å². The molecule has 0 aliphatic rings. The normalized spacial score (nSPS) is 10.6. The van der Waals surface area contributed by atoms with E-state index < -0.39 is 0 Å². The topological polar surface area (TPSA) is 80.3 Å². The second-order valence-electron chi connectivity index (χ2n) is 6.00. The lowest BCUT2D eigenvalue weighted by Gasteiger charge is -2.07. The van der Waals surface area contributed by atoms with Crippen molar-refractivity contribution in [2.24, 2.45) is 0 Å². The molecule has 3 aromatic rings. The Bertz CT molecular complexity index is 968. The van der Waals surface area contributed by atoms with E-state index in [9.17, 15) is 9.59 Å². The number of thiazole rings is 1. The number of ether oxygens (including phenoxy) is 1. The first-order valence-corrected chi connectivity index (χ1v) is 9.52. The average Bonchev–Trinajstić information content (AvgIpc) is 3.07. The molecule has 0 bridgehead atoms. The number of nitrogens with one attached hydrogen (secondary N) is 2. The molecular weight excluding hydrogens is 362 g/mol. The predicted molar refractivity (Wildman–Crippen MR) is 108 cm³/mol. The summed E-state index contributed by atoms with van der Waals surface area (Å²) in [6.07, 6.45) is 1.42. The molecule has 0 atom stereocenters. The summed E-state index contributed by atoms with van der Waals surface area (Å²) in [4.78, 5) is 28.1. The van der Waals surface area contributed by atoms with Gasteiger partial charge in [-0.2, -0.15) is 0 Å². The van der Waals surface area contributed by atoms with Crippen LogP contribution in [0, 0.1) is 0 Å². The molecule has 2 amide bonds. The standard InChI is InChI=1S/C20H21N3O3S/c1-3-18(24)23-20-22-16-9-7-13(11-17(16)27-20)8-10-19(25)21-14-5-4-6-15(12-14)26-2/h4-7,9,11-12H,3,8,10H2,1-2H3,(H,21,25)(H,22,23,24). The number of aryl methyl sites for hydroxylation is 1. The SMILES string of the molecule is CCC(=O)Nc1nc2ccc(CCC(=O)Nc3cccc(OC)c3)cc2s1. The quantitative estimate of drug-likeness (QED) is 0.640. The summed E-state index contributed by atoms with van der Waals surface area (Å²) >= 11 is 1.44. The van der Waals surface area contributed by atoms with Gasteiger partial charge in [-0.1, -0.05) is 30.4 Å². The van der Waals surface area contributed by atoms with Gasteiger partial charge in [0.1, 0.15) is 5.75 Å². The minimum Gasteiger partial charge on any atom is -0.497 e. The molecule has 0 aliphatic heterocycles. The first-order chi connectivity index (χ1) is 13.1. The first kappa shape index (κ1) is 18.8. The number of carbonyl (C=O) groups excluding carboxylic acids is 2. The highest BCUT2D eigenvalue weighted by molar-refractivity contribution is 7.22. The van der Waals surface area contributed by atoms with Crippen LogP contribution in [0.1, 0.15) is 25.3 Å². The van der Waals surface area contributed by atoms with E-state index in [1.54, 1.807) is 20.1 Å². The Balaban J connectivity index is 1.60. The van der Waals surface area contributed by atoms with Gasteiger partial charge in [-0.25, -0.2) is 4.98 Å². The molecule has 7 heteroatoms. The van der Waals surface area contributed by atoms with Crippen molar-refractivity contribution in [3.63, 3.8) is 0 Å². The number of nitrogens with zero attached hydrogens (tertiary/aromatic N) is 1. The van der Waals surface area contributed by atoms with Crippen molar-refractivity contribution in [2.45, 2.75) is 26.2 Å².